The molecule has 150 valence electrons. The summed E-state index contributed by atoms with van der Waals surface area (Å²) in [7, 11) is 1.61. The highest BCUT2D eigenvalue weighted by Crippen LogP contribution is 2.24. The summed E-state index contributed by atoms with van der Waals surface area (Å²) in [4.78, 5) is 17.1. The minimum Gasteiger partial charge on any atom is -0.497 e. The molecule has 1 N–H and O–H groups in total. The first kappa shape index (κ1) is 19.5. The molecule has 0 aliphatic carbocycles. The fourth-order valence-electron chi connectivity index (χ4n) is 3.54. The number of carbonyl (C=O) groups is 1. The molecule has 29 heavy (non-hydrogen) atoms. The zero-order chi connectivity index (χ0) is 20.2. The number of rotatable bonds is 4. The van der Waals surface area contributed by atoms with Crippen LogP contribution >= 0.6 is 15.9 Å². The van der Waals surface area contributed by atoms with Gasteiger partial charge >= 0.3 is 0 Å². The minimum atomic E-state index is 0.0447. The number of benzene rings is 2. The molecule has 1 amide bonds. The lowest BCUT2D eigenvalue weighted by molar-refractivity contribution is 0.0766. The molecule has 0 saturated carbocycles. The van der Waals surface area contributed by atoms with E-state index in [1.165, 1.54) is 0 Å². The first-order valence-electron chi connectivity index (χ1n) is 9.63. The van der Waals surface area contributed by atoms with Gasteiger partial charge in [0.05, 0.1) is 12.8 Å². The maximum absolute atomic E-state index is 12.9. The molecule has 3 aromatic rings. The number of nitrogens with one attached hydrogen (secondary N) is 1. The van der Waals surface area contributed by atoms with E-state index < -0.39 is 0 Å². The van der Waals surface area contributed by atoms with Gasteiger partial charge in [0.15, 0.2) is 5.82 Å². The van der Waals surface area contributed by atoms with Crippen molar-refractivity contribution in [1.29, 1.82) is 0 Å². The molecule has 4 rings (SSSR count). The first-order valence-corrected chi connectivity index (χ1v) is 10.4. The molecule has 6 nitrogen and oxygen atoms in total. The van der Waals surface area contributed by atoms with Crippen LogP contribution in [-0.2, 0) is 0 Å². The topological polar surface area (TPSA) is 61.5 Å². The lowest BCUT2D eigenvalue weighted by Crippen LogP contribution is -2.35. The van der Waals surface area contributed by atoms with Crippen LogP contribution in [0.25, 0.3) is 11.3 Å². The number of aromatic nitrogens is 2. The maximum Gasteiger partial charge on any atom is 0.254 e. The van der Waals surface area contributed by atoms with Gasteiger partial charge in [-0.2, -0.15) is 5.10 Å². The molecule has 1 aliphatic rings. The van der Waals surface area contributed by atoms with Gasteiger partial charge in [-0.25, -0.2) is 0 Å². The molecule has 0 bridgehead atoms. The van der Waals surface area contributed by atoms with E-state index in [0.29, 0.717) is 17.9 Å². The second-order valence-electron chi connectivity index (χ2n) is 7.01. The fourth-order valence-corrected chi connectivity index (χ4v) is 3.80. The first-order chi connectivity index (χ1) is 14.1. The van der Waals surface area contributed by atoms with Crippen molar-refractivity contribution in [2.24, 2.45) is 0 Å². The van der Waals surface area contributed by atoms with Gasteiger partial charge in [-0.05, 0) is 42.3 Å². The van der Waals surface area contributed by atoms with Gasteiger partial charge in [-0.1, -0.05) is 34.1 Å². The van der Waals surface area contributed by atoms with Crippen LogP contribution in [0.1, 0.15) is 16.8 Å². The van der Waals surface area contributed by atoms with E-state index in [9.17, 15) is 4.79 Å². The highest BCUT2D eigenvalue weighted by molar-refractivity contribution is 9.10. The van der Waals surface area contributed by atoms with Gasteiger partial charge in [0.1, 0.15) is 5.75 Å². The van der Waals surface area contributed by atoms with Crippen molar-refractivity contribution < 1.29 is 9.53 Å². The molecule has 7 heteroatoms. The average Bonchev–Trinajstić information content (AvgIpc) is 3.12. The van der Waals surface area contributed by atoms with Crippen molar-refractivity contribution in [3.63, 3.8) is 0 Å². The normalized spacial score (nSPS) is 14.6. The van der Waals surface area contributed by atoms with E-state index in [2.05, 4.69) is 49.2 Å². The number of nitrogens with zero attached hydrogens (tertiary/aromatic N) is 3. The second kappa shape index (κ2) is 8.69. The highest BCUT2D eigenvalue weighted by atomic mass is 79.9. The fraction of sp³-hybridized carbons (Fsp3) is 0.273. The van der Waals surface area contributed by atoms with Crippen LogP contribution in [0, 0.1) is 0 Å². The summed E-state index contributed by atoms with van der Waals surface area (Å²) in [6, 6.07) is 17.5. The lowest BCUT2D eigenvalue weighted by Gasteiger charge is -2.22. The number of anilines is 1. The number of H-pyrrole nitrogens is 1. The lowest BCUT2D eigenvalue weighted by atomic mass is 10.1. The van der Waals surface area contributed by atoms with Crippen LogP contribution in [0.3, 0.4) is 0 Å². The maximum atomic E-state index is 12.9. The van der Waals surface area contributed by atoms with Crippen LogP contribution in [0.15, 0.2) is 59.1 Å². The number of carbonyl (C=O) groups excluding carboxylic acids is 1. The Morgan fingerprint density at radius 1 is 1.07 bits per heavy atom. The third kappa shape index (κ3) is 4.45. The summed E-state index contributed by atoms with van der Waals surface area (Å²) in [5, 5.41) is 7.63. The molecular weight excluding hydrogens is 432 g/mol. The predicted molar refractivity (Wildman–Crippen MR) is 117 cm³/mol. The molecule has 2 aromatic carbocycles. The molecule has 0 radical (unpaired) electrons. The average molecular weight is 455 g/mol. The number of halogens is 1. The van der Waals surface area contributed by atoms with Gasteiger partial charge in [0.2, 0.25) is 0 Å². The molecule has 2 heterocycles. The summed E-state index contributed by atoms with van der Waals surface area (Å²) in [6.07, 6.45) is 0.899. The summed E-state index contributed by atoms with van der Waals surface area (Å²) in [5.74, 6) is 1.66. The Hall–Kier alpha value is -2.80. The van der Waals surface area contributed by atoms with E-state index in [1.807, 2.05) is 35.2 Å². The Morgan fingerprint density at radius 2 is 1.90 bits per heavy atom. The molecular formula is C22H23BrN4O2. The summed E-state index contributed by atoms with van der Waals surface area (Å²) >= 11 is 3.46. The van der Waals surface area contributed by atoms with Crippen LogP contribution < -0.4 is 9.64 Å². The van der Waals surface area contributed by atoms with Crippen molar-refractivity contribution in [3.8, 4) is 17.0 Å². The summed E-state index contributed by atoms with van der Waals surface area (Å²) < 4.78 is 6.29. The predicted octanol–water partition coefficient (Wildman–Crippen LogP) is 4.20. The molecule has 1 aromatic heterocycles. The highest BCUT2D eigenvalue weighted by Gasteiger charge is 2.22. The molecule has 0 spiro atoms. The number of ether oxygens (including phenoxy) is 1. The quantitative estimate of drug-likeness (QED) is 0.641. The Bertz CT molecular complexity index is 986. The van der Waals surface area contributed by atoms with Gasteiger partial charge in [-0.15, -0.1) is 0 Å². The Morgan fingerprint density at radius 3 is 2.69 bits per heavy atom. The van der Waals surface area contributed by atoms with Gasteiger partial charge in [-0.3, -0.25) is 9.89 Å². The third-order valence-electron chi connectivity index (χ3n) is 5.14. The summed E-state index contributed by atoms with van der Waals surface area (Å²) in [5.41, 5.74) is 2.74. The van der Waals surface area contributed by atoms with Crippen molar-refractivity contribution in [1.82, 2.24) is 15.1 Å². The smallest absolute Gasteiger partial charge is 0.254 e. The van der Waals surface area contributed by atoms with Crippen LogP contribution in [0.2, 0.25) is 0 Å². The van der Waals surface area contributed by atoms with Crippen LogP contribution in [0.5, 0.6) is 5.75 Å². The number of hydrogen-bond acceptors (Lipinski definition) is 4. The van der Waals surface area contributed by atoms with E-state index in [1.54, 1.807) is 13.2 Å². The van der Waals surface area contributed by atoms with Crippen molar-refractivity contribution >= 4 is 27.7 Å². The largest absolute Gasteiger partial charge is 0.497 e. The molecule has 1 aliphatic heterocycles. The van der Waals surface area contributed by atoms with Gasteiger partial charge in [0.25, 0.3) is 5.91 Å². The summed E-state index contributed by atoms with van der Waals surface area (Å²) in [6.45, 7) is 3.01. The van der Waals surface area contributed by atoms with Crippen molar-refractivity contribution in [2.45, 2.75) is 6.42 Å². The van der Waals surface area contributed by atoms with E-state index in [4.69, 9.17) is 4.74 Å². The van der Waals surface area contributed by atoms with E-state index in [-0.39, 0.29) is 5.91 Å². The number of methoxy groups -OCH3 is 1. The van der Waals surface area contributed by atoms with E-state index in [0.717, 1.165) is 47.6 Å². The van der Waals surface area contributed by atoms with E-state index >= 15 is 0 Å². The zero-order valence-electron chi connectivity index (χ0n) is 16.3. The Balaban J connectivity index is 1.44. The van der Waals surface area contributed by atoms with Crippen LogP contribution in [0.4, 0.5) is 5.82 Å². The third-order valence-corrected chi connectivity index (χ3v) is 5.67. The SMILES string of the molecule is COc1cccc(C(=O)N2CCCN(c3cc(-c4ccc(Br)cc4)[nH]n3)CC2)c1. The van der Waals surface area contributed by atoms with Gasteiger partial charge < -0.3 is 14.5 Å². The Kier molecular flexibility index (Phi) is 5.85. The number of amides is 1. The second-order valence-corrected chi connectivity index (χ2v) is 7.93. The van der Waals surface area contributed by atoms with Gasteiger partial charge in [0, 0.05) is 42.3 Å². The van der Waals surface area contributed by atoms with Crippen molar-refractivity contribution in [2.75, 3.05) is 38.2 Å². The monoisotopic (exact) mass is 454 g/mol. The molecule has 1 saturated heterocycles. The number of hydrogen-bond donors (Lipinski definition) is 1. The van der Waals surface area contributed by atoms with Crippen molar-refractivity contribution in [3.05, 3.63) is 64.6 Å². The van der Waals surface area contributed by atoms with Crippen LogP contribution in [-0.4, -0.2) is 54.3 Å². The molecule has 0 unspecified atom stereocenters. The minimum absolute atomic E-state index is 0.0447. The number of aromatic amines is 1. The molecule has 1 fully saturated rings. The standard InChI is InChI=1S/C22H23BrN4O2/c1-29-19-5-2-4-17(14-19)22(28)27-11-3-10-26(12-13-27)21-15-20(24-25-21)16-6-8-18(23)9-7-16/h2,4-9,14-15H,3,10-13H2,1H3,(H,24,25). The zero-order valence-corrected chi connectivity index (χ0v) is 17.9. The molecule has 0 atom stereocenters. The Labute approximate surface area is 178 Å².